The summed E-state index contributed by atoms with van der Waals surface area (Å²) in [6, 6.07) is 4.43. The van der Waals surface area contributed by atoms with Gasteiger partial charge in [-0.05, 0) is 81.4 Å². The predicted octanol–water partition coefficient (Wildman–Crippen LogP) is 2.93. The van der Waals surface area contributed by atoms with Crippen LogP contribution >= 0.6 is 0 Å². The average molecular weight is 296 g/mol. The first-order valence-electron chi connectivity index (χ1n) is 8.76. The van der Waals surface area contributed by atoms with Crippen LogP contribution in [0.4, 0.5) is 0 Å². The van der Waals surface area contributed by atoms with Gasteiger partial charge in [0.2, 0.25) is 0 Å². The first kappa shape index (κ1) is 14.1. The van der Waals surface area contributed by atoms with Crippen molar-refractivity contribution in [1.29, 1.82) is 0 Å². The van der Waals surface area contributed by atoms with Gasteiger partial charge in [0.1, 0.15) is 5.52 Å². The lowest BCUT2D eigenvalue weighted by Gasteiger charge is -2.26. The van der Waals surface area contributed by atoms with Gasteiger partial charge in [0.15, 0.2) is 5.82 Å². The largest absolute Gasteiger partial charge is 0.303 e. The molecule has 2 aliphatic rings. The van der Waals surface area contributed by atoms with Crippen LogP contribution in [-0.2, 0) is 19.3 Å². The summed E-state index contributed by atoms with van der Waals surface area (Å²) in [5.74, 6) is 0.905. The molecule has 1 aromatic heterocycles. The number of piperidine rings is 1. The Morgan fingerprint density at radius 1 is 0.864 bits per heavy atom. The zero-order valence-electron chi connectivity index (χ0n) is 13.2. The summed E-state index contributed by atoms with van der Waals surface area (Å²) in [5, 5.41) is 8.73. The Balaban J connectivity index is 1.42. The molecular formula is C18H24N4. The summed E-state index contributed by atoms with van der Waals surface area (Å²) in [6.07, 6.45) is 9.84. The minimum absolute atomic E-state index is 0.905. The fourth-order valence-corrected chi connectivity index (χ4v) is 3.79. The molecule has 0 bridgehead atoms. The third kappa shape index (κ3) is 2.98. The van der Waals surface area contributed by atoms with Crippen molar-refractivity contribution >= 4 is 11.0 Å². The van der Waals surface area contributed by atoms with Gasteiger partial charge in [-0.15, -0.1) is 10.2 Å². The number of aromatic nitrogens is 3. The van der Waals surface area contributed by atoms with Crippen LogP contribution in [0.1, 0.15) is 49.1 Å². The summed E-state index contributed by atoms with van der Waals surface area (Å²) in [4.78, 5) is 7.32. The molecule has 0 saturated carbocycles. The number of hydrogen-bond acceptors (Lipinski definition) is 4. The zero-order chi connectivity index (χ0) is 14.8. The number of likely N-dealkylation sites (tertiary alicyclic amines) is 1. The number of nitrogens with zero attached hydrogens (tertiary/aromatic N) is 4. The molecule has 1 aromatic carbocycles. The lowest BCUT2D eigenvalue weighted by molar-refractivity contribution is 0.226. The van der Waals surface area contributed by atoms with E-state index in [0.717, 1.165) is 29.7 Å². The van der Waals surface area contributed by atoms with Crippen LogP contribution in [0.25, 0.3) is 11.0 Å². The number of fused-ring (bicyclic) bond motifs is 2. The van der Waals surface area contributed by atoms with Crippen molar-refractivity contribution in [2.75, 3.05) is 19.6 Å². The van der Waals surface area contributed by atoms with Gasteiger partial charge in [-0.2, -0.15) is 0 Å². The summed E-state index contributed by atoms with van der Waals surface area (Å²) in [7, 11) is 0. The van der Waals surface area contributed by atoms with E-state index in [2.05, 4.69) is 27.2 Å². The van der Waals surface area contributed by atoms with E-state index in [1.807, 2.05) is 0 Å². The second-order valence-electron chi connectivity index (χ2n) is 6.70. The minimum atomic E-state index is 0.905. The Bertz CT molecular complexity index is 661. The van der Waals surface area contributed by atoms with Gasteiger partial charge in [-0.25, -0.2) is 4.98 Å². The van der Waals surface area contributed by atoms with Gasteiger partial charge in [0.05, 0.1) is 5.52 Å². The molecule has 0 atom stereocenters. The van der Waals surface area contributed by atoms with Gasteiger partial charge in [-0.3, -0.25) is 0 Å². The monoisotopic (exact) mass is 296 g/mol. The molecular weight excluding hydrogens is 272 g/mol. The van der Waals surface area contributed by atoms with Crippen LogP contribution in [-0.4, -0.2) is 39.7 Å². The maximum atomic E-state index is 4.74. The van der Waals surface area contributed by atoms with Crippen molar-refractivity contribution in [1.82, 2.24) is 20.1 Å². The lowest BCUT2D eigenvalue weighted by Crippen LogP contribution is -2.30. The lowest BCUT2D eigenvalue weighted by atomic mass is 10.1. The van der Waals surface area contributed by atoms with E-state index in [9.17, 15) is 0 Å². The van der Waals surface area contributed by atoms with Crippen molar-refractivity contribution in [3.8, 4) is 0 Å². The van der Waals surface area contributed by atoms with Gasteiger partial charge in [0, 0.05) is 6.42 Å². The first-order chi connectivity index (χ1) is 10.9. The Morgan fingerprint density at radius 2 is 1.64 bits per heavy atom. The maximum Gasteiger partial charge on any atom is 0.151 e. The quantitative estimate of drug-likeness (QED) is 0.870. The standard InChI is InChI=1S/C18H24N4/c1-2-9-22(10-3-1)11-5-8-18-19-16-12-14-6-4-7-15(14)13-17(16)20-21-18/h12-13H,1-11H2. The molecule has 0 N–H and O–H groups in total. The predicted molar refractivity (Wildman–Crippen MR) is 88.0 cm³/mol. The van der Waals surface area contributed by atoms with E-state index in [-0.39, 0.29) is 0 Å². The average Bonchev–Trinajstić information content (AvgIpc) is 3.01. The smallest absolute Gasteiger partial charge is 0.151 e. The minimum Gasteiger partial charge on any atom is -0.303 e. The molecule has 0 spiro atoms. The topological polar surface area (TPSA) is 41.9 Å². The Morgan fingerprint density at radius 3 is 2.45 bits per heavy atom. The maximum absolute atomic E-state index is 4.74. The van der Waals surface area contributed by atoms with Crippen LogP contribution in [0.5, 0.6) is 0 Å². The van der Waals surface area contributed by atoms with Crippen molar-refractivity contribution in [2.45, 2.75) is 51.4 Å². The molecule has 116 valence electrons. The summed E-state index contributed by atoms with van der Waals surface area (Å²) in [6.45, 7) is 3.71. The molecule has 1 saturated heterocycles. The molecule has 0 radical (unpaired) electrons. The van der Waals surface area contributed by atoms with Crippen LogP contribution in [0.3, 0.4) is 0 Å². The van der Waals surface area contributed by atoms with Gasteiger partial charge < -0.3 is 4.90 Å². The molecule has 0 unspecified atom stereocenters. The molecule has 22 heavy (non-hydrogen) atoms. The third-order valence-corrected chi connectivity index (χ3v) is 5.04. The second-order valence-corrected chi connectivity index (χ2v) is 6.70. The van der Waals surface area contributed by atoms with Crippen LogP contribution in [0.15, 0.2) is 12.1 Å². The normalized spacial score (nSPS) is 18.7. The van der Waals surface area contributed by atoms with Gasteiger partial charge in [-0.1, -0.05) is 6.42 Å². The van der Waals surface area contributed by atoms with Crippen molar-refractivity contribution in [2.24, 2.45) is 0 Å². The molecule has 4 rings (SSSR count). The van der Waals surface area contributed by atoms with Crippen LogP contribution in [0, 0.1) is 0 Å². The molecule has 2 aromatic rings. The van der Waals surface area contributed by atoms with E-state index in [1.54, 1.807) is 0 Å². The summed E-state index contributed by atoms with van der Waals surface area (Å²) in [5.41, 5.74) is 4.90. The molecule has 0 amide bonds. The van der Waals surface area contributed by atoms with E-state index in [4.69, 9.17) is 4.98 Å². The van der Waals surface area contributed by atoms with Crippen molar-refractivity contribution in [3.05, 3.63) is 29.1 Å². The van der Waals surface area contributed by atoms with Gasteiger partial charge >= 0.3 is 0 Å². The molecule has 1 fully saturated rings. The molecule has 1 aliphatic heterocycles. The third-order valence-electron chi connectivity index (χ3n) is 5.04. The molecule has 4 heteroatoms. The fourth-order valence-electron chi connectivity index (χ4n) is 3.79. The Kier molecular flexibility index (Phi) is 4.02. The van der Waals surface area contributed by atoms with E-state index in [1.165, 1.54) is 69.3 Å². The second kappa shape index (κ2) is 6.29. The van der Waals surface area contributed by atoms with Gasteiger partial charge in [0.25, 0.3) is 0 Å². The van der Waals surface area contributed by atoms with Crippen LogP contribution in [0.2, 0.25) is 0 Å². The summed E-state index contributed by atoms with van der Waals surface area (Å²) < 4.78 is 0. The van der Waals surface area contributed by atoms with Crippen LogP contribution < -0.4 is 0 Å². The zero-order valence-corrected chi connectivity index (χ0v) is 13.2. The van der Waals surface area contributed by atoms with E-state index >= 15 is 0 Å². The molecule has 2 heterocycles. The highest BCUT2D eigenvalue weighted by Crippen LogP contribution is 2.25. The highest BCUT2D eigenvalue weighted by molar-refractivity contribution is 5.76. The number of rotatable bonds is 4. The highest BCUT2D eigenvalue weighted by Gasteiger charge is 2.14. The highest BCUT2D eigenvalue weighted by atomic mass is 15.2. The number of aryl methyl sites for hydroxylation is 3. The van der Waals surface area contributed by atoms with Crippen molar-refractivity contribution in [3.63, 3.8) is 0 Å². The first-order valence-corrected chi connectivity index (χ1v) is 8.76. The SMILES string of the molecule is c1c2c(cc3nc(CCCN4CCCCC4)nnc13)CCC2. The van der Waals surface area contributed by atoms with E-state index in [0.29, 0.717) is 0 Å². The molecule has 1 aliphatic carbocycles. The van der Waals surface area contributed by atoms with Crippen molar-refractivity contribution < 1.29 is 0 Å². The Hall–Kier alpha value is -1.55. The van der Waals surface area contributed by atoms with E-state index < -0.39 is 0 Å². The molecule has 4 nitrogen and oxygen atoms in total. The number of hydrogen-bond donors (Lipinski definition) is 0. The fraction of sp³-hybridized carbons (Fsp3) is 0.611. The number of benzene rings is 1. The summed E-state index contributed by atoms with van der Waals surface area (Å²) >= 11 is 0. The Labute approximate surface area is 132 Å².